The zero-order valence-electron chi connectivity index (χ0n) is 13.9. The van der Waals surface area contributed by atoms with Crippen molar-refractivity contribution in [2.24, 2.45) is 0 Å². The van der Waals surface area contributed by atoms with Gasteiger partial charge in [0.15, 0.2) is 0 Å². The molecule has 0 bridgehead atoms. The van der Waals surface area contributed by atoms with Crippen molar-refractivity contribution in [1.82, 2.24) is 9.55 Å². The predicted octanol–water partition coefficient (Wildman–Crippen LogP) is 6.09. The van der Waals surface area contributed by atoms with Crippen LogP contribution in [0.2, 0.25) is 10.0 Å². The highest BCUT2D eigenvalue weighted by atomic mass is 35.5. The van der Waals surface area contributed by atoms with E-state index in [1.54, 1.807) is 0 Å². The van der Waals surface area contributed by atoms with E-state index < -0.39 is 0 Å². The van der Waals surface area contributed by atoms with Crippen LogP contribution in [0.5, 0.6) is 5.75 Å². The Labute approximate surface area is 161 Å². The quantitative estimate of drug-likeness (QED) is 0.417. The predicted molar refractivity (Wildman–Crippen MR) is 107 cm³/mol. The molecule has 4 aromatic rings. The van der Waals surface area contributed by atoms with Crippen LogP contribution in [0.1, 0.15) is 0 Å². The Morgan fingerprint density at radius 2 is 1.46 bits per heavy atom. The third kappa shape index (κ3) is 3.55. The molecule has 1 heterocycles. The molecule has 26 heavy (non-hydrogen) atoms. The number of hydrogen-bond donors (Lipinski definition) is 0. The monoisotopic (exact) mass is 382 g/mol. The molecular weight excluding hydrogens is 367 g/mol. The molecule has 3 aromatic carbocycles. The second kappa shape index (κ2) is 7.40. The van der Waals surface area contributed by atoms with E-state index in [-0.39, 0.29) is 0 Å². The van der Waals surface area contributed by atoms with Gasteiger partial charge in [0, 0.05) is 15.6 Å². The van der Waals surface area contributed by atoms with E-state index in [1.807, 2.05) is 66.7 Å². The molecule has 5 heteroatoms. The molecule has 1 aromatic heterocycles. The fourth-order valence-corrected chi connectivity index (χ4v) is 3.16. The van der Waals surface area contributed by atoms with Gasteiger partial charge in [0.25, 0.3) is 0 Å². The van der Waals surface area contributed by atoms with Gasteiger partial charge in [0.1, 0.15) is 18.2 Å². The van der Waals surface area contributed by atoms with E-state index in [0.29, 0.717) is 23.2 Å². The molecule has 4 rings (SSSR count). The largest absolute Gasteiger partial charge is 0.492 e. The molecule has 3 nitrogen and oxygen atoms in total. The van der Waals surface area contributed by atoms with Crippen molar-refractivity contribution in [3.05, 3.63) is 82.8 Å². The molecule has 0 aliphatic rings. The molecule has 0 fully saturated rings. The lowest BCUT2D eigenvalue weighted by atomic mass is 10.2. The summed E-state index contributed by atoms with van der Waals surface area (Å²) in [6.07, 6.45) is 0. The van der Waals surface area contributed by atoms with Crippen LogP contribution in [0.15, 0.2) is 72.8 Å². The number of fused-ring (bicyclic) bond motifs is 1. The number of rotatable bonds is 5. The SMILES string of the molecule is Clc1ccc(OCCn2c(-c3ccc(Cl)cc3)nc3ccccc32)cc1. The summed E-state index contributed by atoms with van der Waals surface area (Å²) in [5, 5.41) is 1.41. The first-order chi connectivity index (χ1) is 12.7. The van der Waals surface area contributed by atoms with Crippen LogP contribution in [-0.4, -0.2) is 16.2 Å². The minimum absolute atomic E-state index is 0.530. The van der Waals surface area contributed by atoms with Crippen LogP contribution in [0.4, 0.5) is 0 Å². The first kappa shape index (κ1) is 17.0. The zero-order valence-corrected chi connectivity index (χ0v) is 15.4. The Morgan fingerprint density at radius 1 is 0.808 bits per heavy atom. The maximum Gasteiger partial charge on any atom is 0.141 e. The summed E-state index contributed by atoms with van der Waals surface area (Å²) >= 11 is 11.9. The van der Waals surface area contributed by atoms with E-state index in [2.05, 4.69) is 10.6 Å². The highest BCUT2D eigenvalue weighted by Gasteiger charge is 2.12. The Bertz CT molecular complexity index is 1020. The number of benzene rings is 3. The van der Waals surface area contributed by atoms with Gasteiger partial charge in [-0.05, 0) is 60.7 Å². The number of aromatic nitrogens is 2. The molecule has 0 amide bonds. The molecule has 0 saturated carbocycles. The average Bonchev–Trinajstić information content (AvgIpc) is 3.03. The maximum absolute atomic E-state index is 6.02. The van der Waals surface area contributed by atoms with Crippen molar-refractivity contribution in [3.8, 4) is 17.1 Å². The van der Waals surface area contributed by atoms with Gasteiger partial charge in [-0.3, -0.25) is 0 Å². The normalized spacial score (nSPS) is 11.0. The molecule has 0 N–H and O–H groups in total. The Hall–Kier alpha value is -2.49. The molecule has 0 saturated heterocycles. The summed E-state index contributed by atoms with van der Waals surface area (Å²) in [4.78, 5) is 4.80. The van der Waals surface area contributed by atoms with Crippen LogP contribution >= 0.6 is 23.2 Å². The lowest BCUT2D eigenvalue weighted by Crippen LogP contribution is -2.09. The molecule has 0 aliphatic heterocycles. The van der Waals surface area contributed by atoms with Crippen LogP contribution in [0.25, 0.3) is 22.4 Å². The highest BCUT2D eigenvalue weighted by Crippen LogP contribution is 2.26. The first-order valence-corrected chi connectivity index (χ1v) is 9.06. The summed E-state index contributed by atoms with van der Waals surface area (Å²) in [6.45, 7) is 1.21. The summed E-state index contributed by atoms with van der Waals surface area (Å²) < 4.78 is 8.04. The van der Waals surface area contributed by atoms with E-state index in [0.717, 1.165) is 28.2 Å². The standard InChI is InChI=1S/C21H16Cl2N2O/c22-16-7-5-15(6-8-16)21-24-19-3-1-2-4-20(19)25(21)13-14-26-18-11-9-17(23)10-12-18/h1-12H,13-14H2. The van der Waals surface area contributed by atoms with Gasteiger partial charge in [-0.1, -0.05) is 35.3 Å². The zero-order chi connectivity index (χ0) is 17.9. The van der Waals surface area contributed by atoms with Gasteiger partial charge in [-0.15, -0.1) is 0 Å². The number of ether oxygens (including phenoxy) is 1. The molecule has 0 atom stereocenters. The van der Waals surface area contributed by atoms with Crippen LogP contribution in [0.3, 0.4) is 0 Å². The third-order valence-electron chi connectivity index (χ3n) is 4.15. The van der Waals surface area contributed by atoms with Crippen LogP contribution < -0.4 is 4.74 Å². The smallest absolute Gasteiger partial charge is 0.141 e. The lowest BCUT2D eigenvalue weighted by Gasteiger charge is -2.11. The number of nitrogens with zero attached hydrogens (tertiary/aromatic N) is 2. The minimum atomic E-state index is 0.530. The van der Waals surface area contributed by atoms with Crippen molar-refractivity contribution >= 4 is 34.2 Å². The first-order valence-electron chi connectivity index (χ1n) is 8.30. The molecule has 0 unspecified atom stereocenters. The summed E-state index contributed by atoms with van der Waals surface area (Å²) in [6, 6.07) is 23.2. The summed E-state index contributed by atoms with van der Waals surface area (Å²) in [7, 11) is 0. The number of imidazole rings is 1. The van der Waals surface area contributed by atoms with Crippen molar-refractivity contribution in [2.75, 3.05) is 6.61 Å². The Morgan fingerprint density at radius 3 is 2.19 bits per heavy atom. The van der Waals surface area contributed by atoms with E-state index in [4.69, 9.17) is 32.9 Å². The van der Waals surface area contributed by atoms with Gasteiger partial charge < -0.3 is 9.30 Å². The molecule has 0 spiro atoms. The van der Waals surface area contributed by atoms with Crippen molar-refractivity contribution in [3.63, 3.8) is 0 Å². The molecule has 130 valence electrons. The Kier molecular flexibility index (Phi) is 4.83. The van der Waals surface area contributed by atoms with Crippen LogP contribution in [-0.2, 0) is 6.54 Å². The molecule has 0 aliphatic carbocycles. The Balaban J connectivity index is 1.63. The second-order valence-corrected chi connectivity index (χ2v) is 6.76. The third-order valence-corrected chi connectivity index (χ3v) is 4.66. The van der Waals surface area contributed by atoms with Gasteiger partial charge >= 0.3 is 0 Å². The molecule has 0 radical (unpaired) electrons. The number of halogens is 2. The molecular formula is C21H16Cl2N2O. The number of hydrogen-bond acceptors (Lipinski definition) is 2. The van der Waals surface area contributed by atoms with Crippen molar-refractivity contribution < 1.29 is 4.74 Å². The summed E-state index contributed by atoms with van der Waals surface area (Å²) in [5.74, 6) is 1.70. The fourth-order valence-electron chi connectivity index (χ4n) is 2.91. The minimum Gasteiger partial charge on any atom is -0.492 e. The number of para-hydroxylation sites is 2. The topological polar surface area (TPSA) is 27.1 Å². The van der Waals surface area contributed by atoms with Gasteiger partial charge in [-0.2, -0.15) is 0 Å². The van der Waals surface area contributed by atoms with Gasteiger partial charge in [0.2, 0.25) is 0 Å². The van der Waals surface area contributed by atoms with Crippen molar-refractivity contribution in [2.45, 2.75) is 6.54 Å². The maximum atomic E-state index is 6.02. The lowest BCUT2D eigenvalue weighted by molar-refractivity contribution is 0.301. The highest BCUT2D eigenvalue weighted by molar-refractivity contribution is 6.30. The van der Waals surface area contributed by atoms with E-state index in [9.17, 15) is 0 Å². The van der Waals surface area contributed by atoms with E-state index >= 15 is 0 Å². The summed E-state index contributed by atoms with van der Waals surface area (Å²) in [5.41, 5.74) is 3.07. The van der Waals surface area contributed by atoms with Crippen LogP contribution in [0, 0.1) is 0 Å². The second-order valence-electron chi connectivity index (χ2n) is 5.89. The fraction of sp³-hybridized carbons (Fsp3) is 0.0952. The van der Waals surface area contributed by atoms with Crippen molar-refractivity contribution in [1.29, 1.82) is 0 Å². The average molecular weight is 383 g/mol. The van der Waals surface area contributed by atoms with Gasteiger partial charge in [0.05, 0.1) is 17.6 Å². The van der Waals surface area contributed by atoms with Gasteiger partial charge in [-0.25, -0.2) is 4.98 Å². The van der Waals surface area contributed by atoms with E-state index in [1.165, 1.54) is 0 Å².